The Bertz CT molecular complexity index is 888. The van der Waals surface area contributed by atoms with E-state index in [1.807, 2.05) is 31.2 Å². The average molecular weight is 384 g/mol. The zero-order valence-corrected chi connectivity index (χ0v) is 16.1. The Balaban J connectivity index is 1.72. The SMILES string of the molecule is CCC(O)c1cc(-c2cccc(COc3ccc(CO)c(CO)c3)c2)cs1. The predicted molar refractivity (Wildman–Crippen MR) is 108 cm³/mol. The quantitative estimate of drug-likeness (QED) is 0.538. The molecule has 1 aromatic heterocycles. The molecule has 27 heavy (non-hydrogen) atoms. The highest BCUT2D eigenvalue weighted by Gasteiger charge is 2.10. The Kier molecular flexibility index (Phi) is 6.63. The molecule has 0 radical (unpaired) electrons. The van der Waals surface area contributed by atoms with E-state index in [9.17, 15) is 15.3 Å². The van der Waals surface area contributed by atoms with Crippen LogP contribution < -0.4 is 4.74 Å². The lowest BCUT2D eigenvalue weighted by atomic mass is 10.1. The lowest BCUT2D eigenvalue weighted by Gasteiger charge is -2.11. The number of thiophene rings is 1. The van der Waals surface area contributed by atoms with Gasteiger partial charge in [-0.15, -0.1) is 11.3 Å². The van der Waals surface area contributed by atoms with Gasteiger partial charge in [0.05, 0.1) is 19.3 Å². The molecular formula is C22H24O4S. The number of benzene rings is 2. The van der Waals surface area contributed by atoms with Crippen molar-refractivity contribution >= 4 is 11.3 Å². The van der Waals surface area contributed by atoms with Gasteiger partial charge in [0.2, 0.25) is 0 Å². The summed E-state index contributed by atoms with van der Waals surface area (Å²) in [5, 5.41) is 30.7. The molecule has 1 heterocycles. The summed E-state index contributed by atoms with van der Waals surface area (Å²) < 4.78 is 5.86. The zero-order valence-electron chi connectivity index (χ0n) is 15.3. The van der Waals surface area contributed by atoms with Crippen molar-refractivity contribution in [2.75, 3.05) is 0 Å². The van der Waals surface area contributed by atoms with E-state index >= 15 is 0 Å². The molecule has 2 aromatic carbocycles. The first kappa shape index (κ1) is 19.6. The van der Waals surface area contributed by atoms with Crippen LogP contribution in [0.4, 0.5) is 0 Å². The fraction of sp³-hybridized carbons (Fsp3) is 0.273. The van der Waals surface area contributed by atoms with Crippen LogP contribution in [0, 0.1) is 0 Å². The maximum atomic E-state index is 9.99. The number of aliphatic hydroxyl groups is 3. The fourth-order valence-electron chi connectivity index (χ4n) is 2.88. The van der Waals surface area contributed by atoms with Crippen molar-refractivity contribution in [3.05, 3.63) is 75.5 Å². The summed E-state index contributed by atoms with van der Waals surface area (Å²) in [7, 11) is 0. The largest absolute Gasteiger partial charge is 0.489 e. The summed E-state index contributed by atoms with van der Waals surface area (Å²) >= 11 is 1.58. The van der Waals surface area contributed by atoms with Crippen molar-refractivity contribution in [2.45, 2.75) is 39.3 Å². The third-order valence-corrected chi connectivity index (χ3v) is 5.55. The van der Waals surface area contributed by atoms with E-state index in [0.29, 0.717) is 29.9 Å². The number of ether oxygens (including phenoxy) is 1. The van der Waals surface area contributed by atoms with Crippen molar-refractivity contribution in [3.8, 4) is 16.9 Å². The number of hydrogen-bond donors (Lipinski definition) is 3. The third-order valence-electron chi connectivity index (χ3n) is 4.52. The molecule has 0 aliphatic heterocycles. The summed E-state index contributed by atoms with van der Waals surface area (Å²) in [4.78, 5) is 0.981. The van der Waals surface area contributed by atoms with Crippen LogP contribution in [0.3, 0.4) is 0 Å². The number of aliphatic hydroxyl groups excluding tert-OH is 3. The van der Waals surface area contributed by atoms with Gasteiger partial charge in [-0.2, -0.15) is 0 Å². The first-order valence-electron chi connectivity index (χ1n) is 8.96. The maximum Gasteiger partial charge on any atom is 0.120 e. The van der Waals surface area contributed by atoms with E-state index in [4.69, 9.17) is 4.74 Å². The van der Waals surface area contributed by atoms with E-state index < -0.39 is 6.10 Å². The fourth-order valence-corrected chi connectivity index (χ4v) is 3.87. The normalized spacial score (nSPS) is 12.1. The van der Waals surface area contributed by atoms with Crippen LogP contribution in [-0.2, 0) is 19.8 Å². The van der Waals surface area contributed by atoms with Gasteiger partial charge in [-0.3, -0.25) is 0 Å². The number of rotatable bonds is 8. The molecule has 0 saturated carbocycles. The average Bonchev–Trinajstić information content (AvgIpc) is 3.22. The number of hydrogen-bond acceptors (Lipinski definition) is 5. The minimum absolute atomic E-state index is 0.104. The van der Waals surface area contributed by atoms with E-state index in [0.717, 1.165) is 21.6 Å². The molecule has 0 fully saturated rings. The molecule has 3 N–H and O–H groups in total. The predicted octanol–water partition coefficient (Wildman–Crippen LogP) is 4.42. The van der Waals surface area contributed by atoms with Crippen molar-refractivity contribution in [1.82, 2.24) is 0 Å². The van der Waals surface area contributed by atoms with Crippen LogP contribution in [0.25, 0.3) is 11.1 Å². The minimum atomic E-state index is -0.405. The van der Waals surface area contributed by atoms with Crippen LogP contribution in [0.5, 0.6) is 5.75 Å². The molecule has 1 unspecified atom stereocenters. The summed E-state index contributed by atoms with van der Waals surface area (Å²) in [6.45, 7) is 2.14. The molecule has 0 amide bonds. The highest BCUT2D eigenvalue weighted by atomic mass is 32.1. The lowest BCUT2D eigenvalue weighted by Crippen LogP contribution is -1.99. The van der Waals surface area contributed by atoms with Crippen LogP contribution in [-0.4, -0.2) is 15.3 Å². The molecule has 0 aliphatic rings. The Morgan fingerprint density at radius 3 is 2.52 bits per heavy atom. The van der Waals surface area contributed by atoms with E-state index in [-0.39, 0.29) is 13.2 Å². The Labute approximate surface area is 163 Å². The molecule has 1 atom stereocenters. The lowest BCUT2D eigenvalue weighted by molar-refractivity contribution is 0.177. The monoisotopic (exact) mass is 384 g/mol. The second kappa shape index (κ2) is 9.15. The molecular weight excluding hydrogens is 360 g/mol. The Morgan fingerprint density at radius 1 is 0.963 bits per heavy atom. The van der Waals surface area contributed by atoms with E-state index in [1.165, 1.54) is 0 Å². The van der Waals surface area contributed by atoms with Crippen LogP contribution in [0.2, 0.25) is 0 Å². The van der Waals surface area contributed by atoms with Gasteiger partial charge in [0.1, 0.15) is 12.4 Å². The molecule has 3 rings (SSSR count). The van der Waals surface area contributed by atoms with E-state index in [1.54, 1.807) is 29.5 Å². The second-order valence-corrected chi connectivity index (χ2v) is 7.34. The van der Waals surface area contributed by atoms with Crippen molar-refractivity contribution in [3.63, 3.8) is 0 Å². The standard InChI is InChI=1S/C22H24O4S/c1-2-21(25)22-10-19(14-27-22)16-5-3-4-15(8-16)13-26-20-7-6-17(11-23)18(9-20)12-24/h3-10,14,21,23-25H,2,11-13H2,1H3. The topological polar surface area (TPSA) is 69.9 Å². The molecule has 0 saturated heterocycles. The summed E-state index contributed by atoms with van der Waals surface area (Å²) in [5.41, 5.74) is 4.60. The summed E-state index contributed by atoms with van der Waals surface area (Å²) in [6, 6.07) is 15.5. The van der Waals surface area contributed by atoms with Gasteiger partial charge in [-0.25, -0.2) is 0 Å². The van der Waals surface area contributed by atoms with Gasteiger partial charge in [-0.1, -0.05) is 31.2 Å². The van der Waals surface area contributed by atoms with Gasteiger partial charge < -0.3 is 20.1 Å². The van der Waals surface area contributed by atoms with Crippen LogP contribution >= 0.6 is 11.3 Å². The smallest absolute Gasteiger partial charge is 0.120 e. The van der Waals surface area contributed by atoms with Crippen molar-refractivity contribution in [2.24, 2.45) is 0 Å². The molecule has 0 bridgehead atoms. The highest BCUT2D eigenvalue weighted by molar-refractivity contribution is 7.10. The van der Waals surface area contributed by atoms with Crippen LogP contribution in [0.15, 0.2) is 53.9 Å². The summed E-state index contributed by atoms with van der Waals surface area (Å²) in [6.07, 6.45) is 0.302. The highest BCUT2D eigenvalue weighted by Crippen LogP contribution is 2.31. The molecule has 3 aromatic rings. The zero-order chi connectivity index (χ0) is 19.2. The van der Waals surface area contributed by atoms with Crippen molar-refractivity contribution < 1.29 is 20.1 Å². The molecule has 4 nitrogen and oxygen atoms in total. The molecule has 0 spiro atoms. The minimum Gasteiger partial charge on any atom is -0.489 e. The van der Waals surface area contributed by atoms with Gasteiger partial charge in [0.25, 0.3) is 0 Å². The first-order chi connectivity index (χ1) is 13.1. The molecule has 142 valence electrons. The third kappa shape index (κ3) is 4.76. The first-order valence-corrected chi connectivity index (χ1v) is 9.84. The van der Waals surface area contributed by atoms with Crippen LogP contribution in [0.1, 0.15) is 41.0 Å². The Morgan fingerprint density at radius 2 is 1.78 bits per heavy atom. The second-order valence-electron chi connectivity index (χ2n) is 6.40. The van der Waals surface area contributed by atoms with Gasteiger partial charge in [0, 0.05) is 4.88 Å². The molecule has 0 aliphatic carbocycles. The van der Waals surface area contributed by atoms with Gasteiger partial charge >= 0.3 is 0 Å². The molecule has 5 heteroatoms. The van der Waals surface area contributed by atoms with Gasteiger partial charge in [0.15, 0.2) is 0 Å². The van der Waals surface area contributed by atoms with Crippen molar-refractivity contribution in [1.29, 1.82) is 0 Å². The maximum absolute atomic E-state index is 9.99. The summed E-state index contributed by atoms with van der Waals surface area (Å²) in [5.74, 6) is 0.658. The van der Waals surface area contributed by atoms with Gasteiger partial charge in [-0.05, 0) is 63.9 Å². The Hall–Kier alpha value is -2.18. The van der Waals surface area contributed by atoms with E-state index in [2.05, 4.69) is 11.4 Å².